The number of nitrogens with two attached hydrogens (primary N) is 1. The van der Waals surface area contributed by atoms with Crippen molar-refractivity contribution in [1.82, 2.24) is 9.97 Å². The molecule has 0 fully saturated rings. The van der Waals surface area contributed by atoms with Crippen LogP contribution >= 0.6 is 11.6 Å². The number of carbonyl (C=O) groups excluding carboxylic acids is 2. The minimum Gasteiger partial charge on any atom is -0.385 e. The number of ketones is 2. The van der Waals surface area contributed by atoms with E-state index < -0.39 is 11.6 Å². The van der Waals surface area contributed by atoms with E-state index in [4.69, 9.17) is 17.3 Å². The number of aromatic amines is 2. The number of hydrogen-bond acceptors (Lipinski definition) is 3. The zero-order chi connectivity index (χ0) is 23.1. The van der Waals surface area contributed by atoms with Crippen LogP contribution in [0.3, 0.4) is 0 Å². The standard InChI is InChI=1S/C26H17ClFN3O2/c27-16-8-6-14(7-9-16)21-22(25(33)19-13-30-20-11-10-17(28)12-18(19)20)26(29)31-23(21)24(32)15-4-2-1-3-5-15/h1-13,30-31H,29H2. The summed E-state index contributed by atoms with van der Waals surface area (Å²) < 4.78 is 13.9. The van der Waals surface area contributed by atoms with E-state index in [-0.39, 0.29) is 28.4 Å². The van der Waals surface area contributed by atoms with Gasteiger partial charge in [-0.1, -0.05) is 54.1 Å². The number of halogens is 2. The van der Waals surface area contributed by atoms with Crippen LogP contribution in [0, 0.1) is 5.82 Å². The summed E-state index contributed by atoms with van der Waals surface area (Å²) in [5.41, 5.74) is 8.88. The summed E-state index contributed by atoms with van der Waals surface area (Å²) >= 11 is 6.06. The minimum absolute atomic E-state index is 0.0509. The van der Waals surface area contributed by atoms with E-state index in [0.29, 0.717) is 32.6 Å². The molecular weight excluding hydrogens is 441 g/mol. The third-order valence-corrected chi connectivity index (χ3v) is 5.79. The van der Waals surface area contributed by atoms with Crippen molar-refractivity contribution in [2.24, 2.45) is 0 Å². The molecule has 0 radical (unpaired) electrons. The predicted molar refractivity (Wildman–Crippen MR) is 127 cm³/mol. The molecule has 0 saturated carbocycles. The number of nitrogen functional groups attached to an aromatic ring is 1. The number of aromatic nitrogens is 2. The molecule has 4 N–H and O–H groups in total. The first-order chi connectivity index (χ1) is 15.9. The molecule has 0 aliphatic rings. The maximum absolute atomic E-state index is 13.9. The molecule has 0 atom stereocenters. The Bertz CT molecular complexity index is 1520. The molecule has 3 aromatic carbocycles. The van der Waals surface area contributed by atoms with Gasteiger partial charge in [-0.2, -0.15) is 0 Å². The molecule has 162 valence electrons. The molecular formula is C26H17ClFN3O2. The SMILES string of the molecule is Nc1[nH]c(C(=O)c2ccccc2)c(-c2ccc(Cl)cc2)c1C(=O)c1c[nH]c2ccc(F)cc12. The van der Waals surface area contributed by atoms with Crippen molar-refractivity contribution >= 4 is 39.9 Å². The van der Waals surface area contributed by atoms with Crippen molar-refractivity contribution in [3.8, 4) is 11.1 Å². The zero-order valence-corrected chi connectivity index (χ0v) is 17.9. The van der Waals surface area contributed by atoms with Gasteiger partial charge in [-0.15, -0.1) is 0 Å². The molecule has 33 heavy (non-hydrogen) atoms. The van der Waals surface area contributed by atoms with Crippen molar-refractivity contribution in [2.75, 3.05) is 5.73 Å². The van der Waals surface area contributed by atoms with Crippen LogP contribution in [0.15, 0.2) is 79.0 Å². The summed E-state index contributed by atoms with van der Waals surface area (Å²) in [6, 6.07) is 19.7. The Morgan fingerprint density at radius 3 is 2.36 bits per heavy atom. The van der Waals surface area contributed by atoms with Gasteiger partial charge < -0.3 is 15.7 Å². The fourth-order valence-corrected chi connectivity index (χ4v) is 4.11. The quantitative estimate of drug-likeness (QED) is 0.283. The topological polar surface area (TPSA) is 91.7 Å². The summed E-state index contributed by atoms with van der Waals surface area (Å²) in [5.74, 6) is -1.15. The van der Waals surface area contributed by atoms with Gasteiger partial charge in [-0.3, -0.25) is 9.59 Å². The van der Waals surface area contributed by atoms with Crippen LogP contribution in [0.5, 0.6) is 0 Å². The van der Waals surface area contributed by atoms with Gasteiger partial charge in [0.05, 0.1) is 11.3 Å². The summed E-state index contributed by atoms with van der Waals surface area (Å²) in [7, 11) is 0. The average Bonchev–Trinajstić information content (AvgIpc) is 3.40. The average molecular weight is 458 g/mol. The number of anilines is 1. The first-order valence-corrected chi connectivity index (χ1v) is 10.5. The van der Waals surface area contributed by atoms with E-state index in [1.807, 2.05) is 6.07 Å². The lowest BCUT2D eigenvalue weighted by Gasteiger charge is -2.08. The largest absolute Gasteiger partial charge is 0.385 e. The lowest BCUT2D eigenvalue weighted by Crippen LogP contribution is -2.06. The third kappa shape index (κ3) is 3.60. The highest BCUT2D eigenvalue weighted by atomic mass is 35.5. The van der Waals surface area contributed by atoms with Gasteiger partial charge in [0.25, 0.3) is 0 Å². The normalized spacial score (nSPS) is 11.1. The van der Waals surface area contributed by atoms with Crippen LogP contribution < -0.4 is 5.73 Å². The highest BCUT2D eigenvalue weighted by molar-refractivity contribution is 6.30. The predicted octanol–water partition coefficient (Wildman–Crippen LogP) is 6.00. The molecule has 0 amide bonds. The van der Waals surface area contributed by atoms with E-state index in [1.165, 1.54) is 18.3 Å². The summed E-state index contributed by atoms with van der Waals surface area (Å²) in [4.78, 5) is 33.0. The van der Waals surface area contributed by atoms with Gasteiger partial charge >= 0.3 is 0 Å². The molecule has 0 aliphatic carbocycles. The van der Waals surface area contributed by atoms with Crippen LogP contribution in [0.4, 0.5) is 10.2 Å². The van der Waals surface area contributed by atoms with E-state index in [0.717, 1.165) is 0 Å². The molecule has 5 aromatic rings. The Labute approximate surface area is 193 Å². The molecule has 5 rings (SSSR count). The molecule has 2 heterocycles. The number of fused-ring (bicyclic) bond motifs is 1. The first kappa shape index (κ1) is 20.7. The van der Waals surface area contributed by atoms with Crippen LogP contribution in [0.2, 0.25) is 5.02 Å². The fourth-order valence-electron chi connectivity index (χ4n) is 3.98. The third-order valence-electron chi connectivity index (χ3n) is 5.54. The summed E-state index contributed by atoms with van der Waals surface area (Å²) in [6.45, 7) is 0. The Balaban J connectivity index is 1.74. The van der Waals surface area contributed by atoms with Crippen molar-refractivity contribution in [1.29, 1.82) is 0 Å². The summed E-state index contributed by atoms with van der Waals surface area (Å²) in [6.07, 6.45) is 1.52. The second kappa shape index (κ2) is 8.07. The first-order valence-electron chi connectivity index (χ1n) is 10.1. The second-order valence-corrected chi connectivity index (χ2v) is 8.02. The Kier molecular flexibility index (Phi) is 5.07. The van der Waals surface area contributed by atoms with Gasteiger partial charge in [0.2, 0.25) is 5.78 Å². The Morgan fingerprint density at radius 2 is 1.64 bits per heavy atom. The number of nitrogens with one attached hydrogen (secondary N) is 2. The van der Waals surface area contributed by atoms with Gasteiger partial charge in [0, 0.05) is 38.8 Å². The van der Waals surface area contributed by atoms with Crippen LogP contribution in [-0.4, -0.2) is 21.5 Å². The second-order valence-electron chi connectivity index (χ2n) is 7.59. The van der Waals surface area contributed by atoms with Gasteiger partial charge in [0.15, 0.2) is 5.78 Å². The van der Waals surface area contributed by atoms with Crippen molar-refractivity contribution in [3.05, 3.63) is 112 Å². The molecule has 7 heteroatoms. The van der Waals surface area contributed by atoms with Gasteiger partial charge in [-0.05, 0) is 35.9 Å². The summed E-state index contributed by atoms with van der Waals surface area (Å²) in [5, 5.41) is 0.941. The molecule has 0 spiro atoms. The number of hydrogen-bond donors (Lipinski definition) is 3. The highest BCUT2D eigenvalue weighted by Crippen LogP contribution is 2.36. The molecule has 2 aromatic heterocycles. The van der Waals surface area contributed by atoms with Crippen molar-refractivity contribution in [3.63, 3.8) is 0 Å². The van der Waals surface area contributed by atoms with E-state index in [2.05, 4.69) is 9.97 Å². The van der Waals surface area contributed by atoms with Crippen molar-refractivity contribution < 1.29 is 14.0 Å². The zero-order valence-electron chi connectivity index (χ0n) is 17.2. The molecule has 0 saturated heterocycles. The Morgan fingerprint density at radius 1 is 0.909 bits per heavy atom. The Hall–Kier alpha value is -4.16. The monoisotopic (exact) mass is 457 g/mol. The lowest BCUT2D eigenvalue weighted by atomic mass is 9.93. The maximum Gasteiger partial charge on any atom is 0.209 e. The van der Waals surface area contributed by atoms with E-state index in [9.17, 15) is 14.0 Å². The van der Waals surface area contributed by atoms with Gasteiger partial charge in [-0.25, -0.2) is 4.39 Å². The minimum atomic E-state index is -0.462. The molecule has 0 unspecified atom stereocenters. The molecule has 5 nitrogen and oxygen atoms in total. The van der Waals surface area contributed by atoms with Crippen molar-refractivity contribution in [2.45, 2.75) is 0 Å². The van der Waals surface area contributed by atoms with Crippen LogP contribution in [0.1, 0.15) is 32.0 Å². The number of H-pyrrole nitrogens is 2. The molecule has 0 bridgehead atoms. The number of carbonyl (C=O) groups is 2. The number of benzene rings is 3. The smallest absolute Gasteiger partial charge is 0.209 e. The highest BCUT2D eigenvalue weighted by Gasteiger charge is 2.29. The van der Waals surface area contributed by atoms with E-state index in [1.54, 1.807) is 54.6 Å². The number of rotatable bonds is 5. The maximum atomic E-state index is 13.9. The van der Waals surface area contributed by atoms with Crippen LogP contribution in [-0.2, 0) is 0 Å². The lowest BCUT2D eigenvalue weighted by molar-refractivity contribution is 0.103. The van der Waals surface area contributed by atoms with Gasteiger partial charge in [0.1, 0.15) is 11.6 Å². The molecule has 0 aliphatic heterocycles. The van der Waals surface area contributed by atoms with E-state index >= 15 is 0 Å². The fraction of sp³-hybridized carbons (Fsp3) is 0. The van der Waals surface area contributed by atoms with Crippen LogP contribution in [0.25, 0.3) is 22.0 Å².